The molecule has 0 aliphatic heterocycles. The van der Waals surface area contributed by atoms with Gasteiger partial charge in [-0.05, 0) is 31.0 Å². The van der Waals surface area contributed by atoms with Crippen molar-refractivity contribution in [2.75, 3.05) is 5.73 Å². The molecule has 0 fully saturated rings. The van der Waals surface area contributed by atoms with Gasteiger partial charge in [0, 0.05) is 12.4 Å². The number of nitrogens with two attached hydrogens (primary N) is 1. The number of anilines is 1. The first-order valence-corrected chi connectivity index (χ1v) is 6.31. The molecule has 21 heavy (non-hydrogen) atoms. The molecule has 0 saturated heterocycles. The van der Waals surface area contributed by atoms with Crippen molar-refractivity contribution in [2.45, 2.75) is 13.8 Å². The van der Waals surface area contributed by atoms with Crippen molar-refractivity contribution in [1.82, 2.24) is 24.5 Å². The quantitative estimate of drug-likeness (QED) is 0.779. The molecule has 0 aliphatic rings. The van der Waals surface area contributed by atoms with Crippen molar-refractivity contribution in [1.29, 1.82) is 0 Å². The van der Waals surface area contributed by atoms with Crippen LogP contribution in [0.1, 0.15) is 11.1 Å². The van der Waals surface area contributed by atoms with Crippen molar-refractivity contribution in [2.24, 2.45) is 0 Å². The monoisotopic (exact) mass is 284 g/mol. The predicted molar refractivity (Wildman–Crippen MR) is 76.2 cm³/mol. The Bertz CT molecular complexity index is 774. The summed E-state index contributed by atoms with van der Waals surface area (Å²) in [7, 11) is 0. The minimum Gasteiger partial charge on any atom is -0.368 e. The number of aromatic nitrogens is 5. The van der Waals surface area contributed by atoms with Crippen molar-refractivity contribution in [3.63, 3.8) is 0 Å². The molecule has 0 amide bonds. The zero-order valence-electron chi connectivity index (χ0n) is 11.6. The van der Waals surface area contributed by atoms with Crippen LogP contribution in [0.2, 0.25) is 0 Å². The van der Waals surface area contributed by atoms with Gasteiger partial charge in [-0.25, -0.2) is 9.37 Å². The minimum atomic E-state index is -0.380. The maximum atomic E-state index is 14.2. The van der Waals surface area contributed by atoms with Crippen molar-refractivity contribution >= 4 is 5.95 Å². The van der Waals surface area contributed by atoms with Crippen LogP contribution >= 0.6 is 0 Å². The van der Waals surface area contributed by atoms with E-state index in [-0.39, 0.29) is 17.6 Å². The van der Waals surface area contributed by atoms with Crippen molar-refractivity contribution in [3.05, 3.63) is 47.8 Å². The van der Waals surface area contributed by atoms with E-state index in [0.717, 1.165) is 11.1 Å². The summed E-state index contributed by atoms with van der Waals surface area (Å²) in [4.78, 5) is 16.3. The fourth-order valence-corrected chi connectivity index (χ4v) is 2.18. The van der Waals surface area contributed by atoms with Gasteiger partial charge >= 0.3 is 0 Å². The lowest BCUT2D eigenvalue weighted by molar-refractivity contribution is 0.627. The van der Waals surface area contributed by atoms with Gasteiger partial charge in [-0.15, -0.1) is 0 Å². The van der Waals surface area contributed by atoms with Crippen LogP contribution in [0.15, 0.2) is 30.9 Å². The van der Waals surface area contributed by atoms with Gasteiger partial charge in [0.15, 0.2) is 5.82 Å². The van der Waals surface area contributed by atoms with Gasteiger partial charge in [0.2, 0.25) is 11.9 Å². The summed E-state index contributed by atoms with van der Waals surface area (Å²) in [6.45, 7) is 3.64. The molecule has 3 rings (SSSR count). The predicted octanol–water partition coefficient (Wildman–Crippen LogP) is 2.06. The number of aryl methyl sites for hydroxylation is 2. The molecule has 0 bridgehead atoms. The third-order valence-electron chi connectivity index (χ3n) is 3.03. The normalized spacial score (nSPS) is 10.8. The van der Waals surface area contributed by atoms with Crippen LogP contribution < -0.4 is 5.73 Å². The summed E-state index contributed by atoms with van der Waals surface area (Å²) in [6.07, 6.45) is 4.81. The summed E-state index contributed by atoms with van der Waals surface area (Å²) >= 11 is 0. The molecule has 2 N–H and O–H groups in total. The van der Waals surface area contributed by atoms with E-state index in [0.29, 0.717) is 11.5 Å². The Kier molecular flexibility index (Phi) is 3.09. The maximum Gasteiger partial charge on any atom is 0.240 e. The first kappa shape index (κ1) is 13.2. The first-order valence-electron chi connectivity index (χ1n) is 6.31. The third kappa shape index (κ3) is 2.45. The second-order valence-electron chi connectivity index (χ2n) is 4.73. The summed E-state index contributed by atoms with van der Waals surface area (Å²) in [5, 5.41) is 0. The number of halogens is 1. The molecular weight excluding hydrogens is 271 g/mol. The Morgan fingerprint density at radius 1 is 1.14 bits per heavy atom. The molecule has 7 heteroatoms. The third-order valence-corrected chi connectivity index (χ3v) is 3.03. The number of hydrogen-bond acceptors (Lipinski definition) is 5. The van der Waals surface area contributed by atoms with Gasteiger partial charge < -0.3 is 5.73 Å². The Morgan fingerprint density at radius 2 is 1.95 bits per heavy atom. The van der Waals surface area contributed by atoms with Crippen molar-refractivity contribution in [3.8, 4) is 17.3 Å². The summed E-state index contributed by atoms with van der Waals surface area (Å²) < 4.78 is 15.8. The van der Waals surface area contributed by atoms with Gasteiger partial charge in [0.1, 0.15) is 12.1 Å². The van der Waals surface area contributed by atoms with Gasteiger partial charge in [-0.2, -0.15) is 15.0 Å². The Morgan fingerprint density at radius 3 is 2.62 bits per heavy atom. The summed E-state index contributed by atoms with van der Waals surface area (Å²) in [5.74, 6) is 0.160. The van der Waals surface area contributed by atoms with Gasteiger partial charge in [-0.1, -0.05) is 6.07 Å². The molecule has 1 aromatic carbocycles. The maximum absolute atomic E-state index is 14.2. The molecule has 6 nitrogen and oxygen atoms in total. The molecule has 0 radical (unpaired) electrons. The fourth-order valence-electron chi connectivity index (χ4n) is 2.18. The van der Waals surface area contributed by atoms with Crippen LogP contribution in [-0.4, -0.2) is 24.5 Å². The number of benzene rings is 1. The second kappa shape index (κ2) is 4.93. The van der Waals surface area contributed by atoms with Crippen LogP contribution in [0.4, 0.5) is 10.3 Å². The molecule has 0 atom stereocenters. The molecule has 2 heterocycles. The lowest BCUT2D eigenvalue weighted by atomic mass is 10.0. The highest BCUT2D eigenvalue weighted by Crippen LogP contribution is 2.25. The van der Waals surface area contributed by atoms with E-state index < -0.39 is 0 Å². The van der Waals surface area contributed by atoms with Crippen LogP contribution in [0.3, 0.4) is 0 Å². The Hall–Kier alpha value is -2.83. The minimum absolute atomic E-state index is 0.0306. The zero-order chi connectivity index (χ0) is 15.0. The number of hydrogen-bond donors (Lipinski definition) is 1. The lowest BCUT2D eigenvalue weighted by Gasteiger charge is -2.09. The number of rotatable bonds is 2. The summed E-state index contributed by atoms with van der Waals surface area (Å²) in [6, 6.07) is 3.31. The Balaban J connectivity index is 2.20. The highest BCUT2D eigenvalue weighted by Gasteiger charge is 2.15. The second-order valence-corrected chi connectivity index (χ2v) is 4.73. The fraction of sp³-hybridized carbons (Fsp3) is 0.143. The zero-order valence-corrected chi connectivity index (χ0v) is 11.6. The van der Waals surface area contributed by atoms with E-state index >= 15 is 0 Å². The number of nitrogens with zero attached hydrogens (tertiary/aromatic N) is 5. The average Bonchev–Trinajstić information content (AvgIpc) is 2.90. The highest BCUT2D eigenvalue weighted by atomic mass is 19.1. The first-order chi connectivity index (χ1) is 10.0. The molecular formula is C14H13FN6. The molecule has 106 valence electrons. The van der Waals surface area contributed by atoms with E-state index in [1.165, 1.54) is 12.4 Å². The number of nitrogen functional groups attached to an aromatic ring is 1. The molecule has 3 aromatic rings. The largest absolute Gasteiger partial charge is 0.368 e. The number of imidazole rings is 1. The van der Waals surface area contributed by atoms with Crippen LogP contribution in [-0.2, 0) is 0 Å². The van der Waals surface area contributed by atoms with Crippen LogP contribution in [0, 0.1) is 19.7 Å². The molecule has 2 aromatic heterocycles. The van der Waals surface area contributed by atoms with E-state index in [1.807, 2.05) is 19.9 Å². The van der Waals surface area contributed by atoms with E-state index in [1.54, 1.807) is 17.0 Å². The van der Waals surface area contributed by atoms with Crippen molar-refractivity contribution < 1.29 is 4.39 Å². The van der Waals surface area contributed by atoms with Crippen LogP contribution in [0.25, 0.3) is 17.3 Å². The topological polar surface area (TPSA) is 82.5 Å². The smallest absolute Gasteiger partial charge is 0.240 e. The van der Waals surface area contributed by atoms with E-state index in [9.17, 15) is 4.39 Å². The highest BCUT2D eigenvalue weighted by molar-refractivity contribution is 5.62. The van der Waals surface area contributed by atoms with Gasteiger partial charge in [-0.3, -0.25) is 4.57 Å². The van der Waals surface area contributed by atoms with E-state index in [4.69, 9.17) is 5.73 Å². The Labute approximate surface area is 120 Å². The van der Waals surface area contributed by atoms with E-state index in [2.05, 4.69) is 19.9 Å². The van der Waals surface area contributed by atoms with Gasteiger partial charge in [0.25, 0.3) is 0 Å². The molecule has 0 aliphatic carbocycles. The van der Waals surface area contributed by atoms with Gasteiger partial charge in [0.05, 0.1) is 5.56 Å². The molecule has 0 spiro atoms. The van der Waals surface area contributed by atoms with Crippen LogP contribution in [0.5, 0.6) is 0 Å². The molecule has 0 saturated carbocycles. The molecule has 0 unspecified atom stereocenters. The average molecular weight is 284 g/mol. The SMILES string of the molecule is Cc1cc(C)c(-c2nc(N)nc(-n3ccnc3)n2)c(F)c1. The summed E-state index contributed by atoms with van der Waals surface area (Å²) in [5.41, 5.74) is 7.63. The lowest BCUT2D eigenvalue weighted by Crippen LogP contribution is -2.07. The standard InChI is InChI=1S/C14H13FN6/c1-8-5-9(2)11(10(15)6-8)12-18-13(16)20-14(19-12)21-4-3-17-7-21/h3-7H,1-2H3,(H2,16,18,19,20).